The van der Waals surface area contributed by atoms with Crippen LogP contribution in [0.15, 0.2) is 0 Å². The number of nitrogens with one attached hydrogen (secondary N) is 1. The number of ether oxygens (including phenoxy) is 1. The Hall–Kier alpha value is -1.39. The van der Waals surface area contributed by atoms with Crippen molar-refractivity contribution in [1.82, 2.24) is 5.32 Å². The average Bonchev–Trinajstić information content (AvgIpc) is 2.11. The Morgan fingerprint density at radius 3 is 2.00 bits per heavy atom. The summed E-state index contributed by atoms with van der Waals surface area (Å²) in [5.41, 5.74) is 0. The van der Waals surface area contributed by atoms with Gasteiger partial charge in [-0.15, -0.1) is 0 Å². The molecule has 0 radical (unpaired) electrons. The first-order valence-corrected chi connectivity index (χ1v) is 4.28. The number of methoxy groups -OCH3 is 1. The number of esters is 1. The Balaban J connectivity index is 4.63. The molecule has 0 aromatic carbocycles. The molecule has 14 heavy (non-hydrogen) atoms. The zero-order chi connectivity index (χ0) is 11.3. The van der Waals surface area contributed by atoms with E-state index in [1.807, 2.05) is 0 Å². The summed E-state index contributed by atoms with van der Waals surface area (Å²) < 4.78 is 4.41. The highest BCUT2D eigenvalue weighted by molar-refractivity contribution is 6.06. The molecule has 5 heteroatoms. The highest BCUT2D eigenvalue weighted by Gasteiger charge is 2.29. The Morgan fingerprint density at radius 1 is 1.21 bits per heavy atom. The largest absolute Gasteiger partial charge is 0.467 e. The summed E-state index contributed by atoms with van der Waals surface area (Å²) in [4.78, 5) is 33.3. The van der Waals surface area contributed by atoms with Gasteiger partial charge in [-0.1, -0.05) is 13.8 Å². The molecule has 0 aliphatic heterocycles. The lowest BCUT2D eigenvalue weighted by molar-refractivity contribution is -0.149. The van der Waals surface area contributed by atoms with Crippen LogP contribution in [0.3, 0.4) is 0 Å². The summed E-state index contributed by atoms with van der Waals surface area (Å²) in [5, 5.41) is 2.25. The van der Waals surface area contributed by atoms with E-state index >= 15 is 0 Å². The molecule has 0 aliphatic rings. The molecule has 1 amide bonds. The number of amides is 1. The van der Waals surface area contributed by atoms with Crippen LogP contribution in [0.25, 0.3) is 0 Å². The molecule has 0 aromatic heterocycles. The van der Waals surface area contributed by atoms with E-state index in [0.717, 1.165) is 0 Å². The third-order valence-corrected chi connectivity index (χ3v) is 1.64. The molecule has 0 aliphatic carbocycles. The molecule has 1 atom stereocenters. The van der Waals surface area contributed by atoms with E-state index in [9.17, 15) is 14.4 Å². The Labute approximate surface area is 82.8 Å². The normalized spacial score (nSPS) is 12.1. The van der Waals surface area contributed by atoms with E-state index < -0.39 is 17.9 Å². The van der Waals surface area contributed by atoms with Gasteiger partial charge in [0.25, 0.3) is 0 Å². The predicted molar refractivity (Wildman–Crippen MR) is 49.5 cm³/mol. The Morgan fingerprint density at radius 2 is 1.71 bits per heavy atom. The lowest BCUT2D eigenvalue weighted by Gasteiger charge is -2.15. The second-order valence-corrected chi connectivity index (χ2v) is 3.21. The third-order valence-electron chi connectivity index (χ3n) is 1.64. The van der Waals surface area contributed by atoms with Crippen LogP contribution in [0.5, 0.6) is 0 Å². The fourth-order valence-corrected chi connectivity index (χ4v) is 0.901. The molecular weight excluding hydrogens is 186 g/mol. The van der Waals surface area contributed by atoms with Gasteiger partial charge in [0, 0.05) is 12.8 Å². The zero-order valence-corrected chi connectivity index (χ0v) is 8.79. The Bertz CT molecular complexity index is 247. The van der Waals surface area contributed by atoms with Crippen LogP contribution in [0.2, 0.25) is 0 Å². The molecule has 0 rings (SSSR count). The number of hydrogen-bond acceptors (Lipinski definition) is 4. The van der Waals surface area contributed by atoms with Crippen molar-refractivity contribution in [3.05, 3.63) is 0 Å². The number of carbonyl (C=O) groups is 3. The fraction of sp³-hybridized carbons (Fsp3) is 0.667. The van der Waals surface area contributed by atoms with Gasteiger partial charge < -0.3 is 10.1 Å². The standard InChI is InChI=1S/C9H15NO4/c1-5(2)8(12)7(9(13)14-4)10-6(3)11/h5,7H,1-4H3,(H,10,11). The van der Waals surface area contributed by atoms with Crippen molar-refractivity contribution in [2.24, 2.45) is 5.92 Å². The summed E-state index contributed by atoms with van der Waals surface area (Å²) in [6.45, 7) is 4.55. The van der Waals surface area contributed by atoms with Crippen molar-refractivity contribution >= 4 is 17.7 Å². The number of carbonyl (C=O) groups excluding carboxylic acids is 3. The van der Waals surface area contributed by atoms with Crippen LogP contribution < -0.4 is 5.32 Å². The summed E-state index contributed by atoms with van der Waals surface area (Å²) in [6, 6.07) is -1.18. The molecule has 0 fully saturated rings. The highest BCUT2D eigenvalue weighted by atomic mass is 16.5. The van der Waals surface area contributed by atoms with Crippen molar-refractivity contribution in [1.29, 1.82) is 0 Å². The van der Waals surface area contributed by atoms with E-state index in [1.54, 1.807) is 13.8 Å². The van der Waals surface area contributed by atoms with Crippen molar-refractivity contribution in [3.63, 3.8) is 0 Å². The van der Waals surface area contributed by atoms with Crippen molar-refractivity contribution in [2.45, 2.75) is 26.8 Å². The second-order valence-electron chi connectivity index (χ2n) is 3.21. The lowest BCUT2D eigenvalue weighted by Crippen LogP contribution is -2.47. The molecule has 0 spiro atoms. The molecule has 0 bridgehead atoms. The van der Waals surface area contributed by atoms with Gasteiger partial charge in [0.05, 0.1) is 7.11 Å². The quantitative estimate of drug-likeness (QED) is 0.508. The SMILES string of the molecule is COC(=O)C(NC(C)=O)C(=O)C(C)C. The van der Waals surface area contributed by atoms with Crippen LogP contribution >= 0.6 is 0 Å². The first kappa shape index (κ1) is 12.6. The van der Waals surface area contributed by atoms with Crippen LogP contribution in [-0.2, 0) is 19.1 Å². The minimum absolute atomic E-state index is 0.328. The maximum Gasteiger partial charge on any atom is 0.336 e. The van der Waals surface area contributed by atoms with Gasteiger partial charge in [-0.25, -0.2) is 4.79 Å². The lowest BCUT2D eigenvalue weighted by atomic mass is 10.0. The fourth-order valence-electron chi connectivity index (χ4n) is 0.901. The molecule has 5 nitrogen and oxygen atoms in total. The monoisotopic (exact) mass is 201 g/mol. The topological polar surface area (TPSA) is 72.5 Å². The van der Waals surface area contributed by atoms with E-state index in [4.69, 9.17) is 0 Å². The molecule has 1 unspecified atom stereocenters. The maximum absolute atomic E-state index is 11.5. The highest BCUT2D eigenvalue weighted by Crippen LogP contribution is 2.01. The number of ketones is 1. The van der Waals surface area contributed by atoms with Crippen LogP contribution in [0.1, 0.15) is 20.8 Å². The van der Waals surface area contributed by atoms with E-state index in [2.05, 4.69) is 10.1 Å². The van der Waals surface area contributed by atoms with Gasteiger partial charge in [-0.05, 0) is 0 Å². The molecule has 0 saturated carbocycles. The van der Waals surface area contributed by atoms with E-state index in [1.165, 1.54) is 14.0 Å². The molecule has 0 saturated heterocycles. The van der Waals surface area contributed by atoms with Gasteiger partial charge in [0.1, 0.15) is 0 Å². The molecule has 0 aromatic rings. The zero-order valence-electron chi connectivity index (χ0n) is 8.79. The summed E-state index contributed by atoms with van der Waals surface area (Å²) >= 11 is 0. The van der Waals surface area contributed by atoms with Gasteiger partial charge in [0.15, 0.2) is 11.8 Å². The van der Waals surface area contributed by atoms with Crippen LogP contribution in [0.4, 0.5) is 0 Å². The van der Waals surface area contributed by atoms with Gasteiger partial charge in [-0.3, -0.25) is 9.59 Å². The number of hydrogen-bond donors (Lipinski definition) is 1. The van der Waals surface area contributed by atoms with Gasteiger partial charge in [0.2, 0.25) is 5.91 Å². The first-order valence-electron chi connectivity index (χ1n) is 4.28. The number of rotatable bonds is 4. The van der Waals surface area contributed by atoms with Crippen molar-refractivity contribution in [3.8, 4) is 0 Å². The smallest absolute Gasteiger partial charge is 0.336 e. The maximum atomic E-state index is 11.5. The van der Waals surface area contributed by atoms with E-state index in [-0.39, 0.29) is 11.7 Å². The summed E-state index contributed by atoms with van der Waals surface area (Å²) in [7, 11) is 1.17. The molecule has 80 valence electrons. The minimum atomic E-state index is -1.18. The average molecular weight is 201 g/mol. The summed E-state index contributed by atoms with van der Waals surface area (Å²) in [6.07, 6.45) is 0. The number of Topliss-reactive ketones (excluding diaryl/α,β-unsaturated/α-hetero) is 1. The second kappa shape index (κ2) is 5.36. The molecular formula is C9H15NO4. The van der Waals surface area contributed by atoms with E-state index in [0.29, 0.717) is 0 Å². The van der Waals surface area contributed by atoms with Crippen molar-refractivity contribution in [2.75, 3.05) is 7.11 Å². The van der Waals surface area contributed by atoms with Gasteiger partial charge in [-0.2, -0.15) is 0 Å². The Kier molecular flexibility index (Phi) is 4.83. The van der Waals surface area contributed by atoms with Crippen molar-refractivity contribution < 1.29 is 19.1 Å². The van der Waals surface area contributed by atoms with Gasteiger partial charge >= 0.3 is 5.97 Å². The van der Waals surface area contributed by atoms with Crippen LogP contribution in [0, 0.1) is 5.92 Å². The third kappa shape index (κ3) is 3.55. The molecule has 1 N–H and O–H groups in total. The summed E-state index contributed by atoms with van der Waals surface area (Å²) in [5.74, 6) is -1.86. The minimum Gasteiger partial charge on any atom is -0.467 e. The first-order chi connectivity index (χ1) is 6.40. The van der Waals surface area contributed by atoms with Crippen LogP contribution in [-0.4, -0.2) is 30.8 Å². The molecule has 0 heterocycles. The predicted octanol–water partition coefficient (Wildman–Crippen LogP) is -0.111.